The van der Waals surface area contributed by atoms with Gasteiger partial charge in [-0.25, -0.2) is 4.39 Å². The summed E-state index contributed by atoms with van der Waals surface area (Å²) in [4.78, 5) is 27.5. The van der Waals surface area contributed by atoms with Crippen LogP contribution in [0, 0.1) is 12.7 Å². The molecule has 0 aliphatic heterocycles. The second-order valence-corrected chi connectivity index (χ2v) is 7.26. The number of hydrogen-bond donors (Lipinski definition) is 1. The highest BCUT2D eigenvalue weighted by Gasteiger charge is 2.29. The smallest absolute Gasteiger partial charge is 0.261 e. The number of carbonyl (C=O) groups excluding carboxylic acids is 2. The molecule has 2 amide bonds. The summed E-state index contributed by atoms with van der Waals surface area (Å²) in [5.41, 5.74) is 2.03. The number of nitrogens with zero attached hydrogens (tertiary/aromatic N) is 1. The van der Waals surface area contributed by atoms with Gasteiger partial charge in [0.1, 0.15) is 17.6 Å². The van der Waals surface area contributed by atoms with Gasteiger partial charge in [0.2, 0.25) is 5.91 Å². The van der Waals surface area contributed by atoms with Gasteiger partial charge >= 0.3 is 0 Å². The van der Waals surface area contributed by atoms with Crippen LogP contribution in [0.15, 0.2) is 48.5 Å². The van der Waals surface area contributed by atoms with E-state index in [-0.39, 0.29) is 24.2 Å². The van der Waals surface area contributed by atoms with Crippen LogP contribution in [0.5, 0.6) is 5.75 Å². The molecule has 5 nitrogen and oxygen atoms in total. The molecule has 2 aromatic rings. The normalized spacial score (nSPS) is 11.6. The quantitative estimate of drug-likeness (QED) is 0.560. The Labute approximate surface area is 178 Å². The minimum Gasteiger partial charge on any atom is -0.484 e. The number of halogens is 1. The summed E-state index contributed by atoms with van der Waals surface area (Å²) < 4.78 is 18.6. The molecule has 6 heteroatoms. The standard InChI is InChI=1S/C24H31FN2O3/c1-4-6-15-26-24(29)22(5-2)27(16-19-10-8-7-9-18(19)3)23(28)17-30-21-13-11-20(25)12-14-21/h7-14,22H,4-6,15-17H2,1-3H3,(H,26,29). The monoisotopic (exact) mass is 414 g/mol. The van der Waals surface area contributed by atoms with Crippen molar-refractivity contribution in [1.29, 1.82) is 0 Å². The van der Waals surface area contributed by atoms with Gasteiger partial charge in [0.05, 0.1) is 0 Å². The van der Waals surface area contributed by atoms with Crippen LogP contribution in [-0.2, 0) is 16.1 Å². The predicted molar refractivity (Wildman–Crippen MR) is 116 cm³/mol. The highest BCUT2D eigenvalue weighted by atomic mass is 19.1. The molecule has 0 aliphatic rings. The summed E-state index contributed by atoms with van der Waals surface area (Å²) >= 11 is 0. The average Bonchev–Trinajstić information content (AvgIpc) is 2.74. The molecule has 0 fully saturated rings. The molecule has 0 bridgehead atoms. The first-order valence-electron chi connectivity index (χ1n) is 10.5. The fraction of sp³-hybridized carbons (Fsp3) is 0.417. The maximum absolute atomic E-state index is 13.1. The lowest BCUT2D eigenvalue weighted by Gasteiger charge is -2.31. The van der Waals surface area contributed by atoms with Gasteiger partial charge in [-0.15, -0.1) is 0 Å². The molecule has 0 radical (unpaired) electrons. The minimum atomic E-state index is -0.592. The second-order valence-electron chi connectivity index (χ2n) is 7.26. The van der Waals surface area contributed by atoms with Crippen LogP contribution in [-0.4, -0.2) is 35.9 Å². The molecule has 1 unspecified atom stereocenters. The topological polar surface area (TPSA) is 58.6 Å². The lowest BCUT2D eigenvalue weighted by atomic mass is 10.1. The molecule has 1 atom stereocenters. The summed E-state index contributed by atoms with van der Waals surface area (Å²) in [6, 6.07) is 12.7. The van der Waals surface area contributed by atoms with E-state index in [9.17, 15) is 14.0 Å². The van der Waals surface area contributed by atoms with E-state index in [0.717, 1.165) is 24.0 Å². The largest absolute Gasteiger partial charge is 0.484 e. The Bertz CT molecular complexity index is 823. The highest BCUT2D eigenvalue weighted by molar-refractivity contribution is 5.88. The highest BCUT2D eigenvalue weighted by Crippen LogP contribution is 2.17. The fourth-order valence-electron chi connectivity index (χ4n) is 3.16. The third kappa shape index (κ3) is 6.87. The maximum atomic E-state index is 13.1. The Morgan fingerprint density at radius 2 is 1.80 bits per heavy atom. The van der Waals surface area contributed by atoms with Gasteiger partial charge in [-0.05, 0) is 55.2 Å². The van der Waals surface area contributed by atoms with Crippen molar-refractivity contribution >= 4 is 11.8 Å². The van der Waals surface area contributed by atoms with Crippen molar-refractivity contribution in [2.24, 2.45) is 0 Å². The van der Waals surface area contributed by atoms with Crippen molar-refractivity contribution in [3.63, 3.8) is 0 Å². The van der Waals surface area contributed by atoms with E-state index in [2.05, 4.69) is 12.2 Å². The molecule has 0 aromatic heterocycles. The zero-order chi connectivity index (χ0) is 21.9. The zero-order valence-electron chi connectivity index (χ0n) is 18.0. The summed E-state index contributed by atoms with van der Waals surface area (Å²) in [7, 11) is 0. The molecule has 0 aliphatic carbocycles. The third-order valence-corrected chi connectivity index (χ3v) is 4.99. The van der Waals surface area contributed by atoms with Crippen molar-refractivity contribution in [1.82, 2.24) is 10.2 Å². The van der Waals surface area contributed by atoms with Crippen molar-refractivity contribution < 1.29 is 18.7 Å². The first-order chi connectivity index (χ1) is 14.5. The molecule has 0 heterocycles. The van der Waals surface area contributed by atoms with Gasteiger partial charge in [-0.3, -0.25) is 9.59 Å². The number of carbonyl (C=O) groups is 2. The zero-order valence-corrected chi connectivity index (χ0v) is 18.0. The van der Waals surface area contributed by atoms with Gasteiger partial charge in [0.15, 0.2) is 6.61 Å². The van der Waals surface area contributed by atoms with Crippen LogP contribution in [0.3, 0.4) is 0 Å². The molecule has 0 saturated heterocycles. The molecule has 0 spiro atoms. The maximum Gasteiger partial charge on any atom is 0.261 e. The Hall–Kier alpha value is -2.89. The summed E-state index contributed by atoms with van der Waals surface area (Å²) in [5, 5.41) is 2.94. The van der Waals surface area contributed by atoms with E-state index in [0.29, 0.717) is 25.3 Å². The lowest BCUT2D eigenvalue weighted by Crippen LogP contribution is -2.50. The van der Waals surface area contributed by atoms with Crippen LogP contribution in [0.4, 0.5) is 4.39 Å². The van der Waals surface area contributed by atoms with Gasteiger partial charge in [-0.2, -0.15) is 0 Å². The SMILES string of the molecule is CCCCNC(=O)C(CC)N(Cc1ccccc1C)C(=O)COc1ccc(F)cc1. The molecule has 162 valence electrons. The van der Waals surface area contributed by atoms with Crippen molar-refractivity contribution in [2.75, 3.05) is 13.2 Å². The van der Waals surface area contributed by atoms with E-state index in [1.54, 1.807) is 4.90 Å². The summed E-state index contributed by atoms with van der Waals surface area (Å²) in [6.07, 6.45) is 2.36. The number of amides is 2. The van der Waals surface area contributed by atoms with Gasteiger partial charge in [0.25, 0.3) is 5.91 Å². The van der Waals surface area contributed by atoms with E-state index in [1.165, 1.54) is 24.3 Å². The first kappa shape index (κ1) is 23.4. The number of benzene rings is 2. The van der Waals surface area contributed by atoms with Crippen LogP contribution in [0.1, 0.15) is 44.2 Å². The fourth-order valence-corrected chi connectivity index (χ4v) is 3.16. The Morgan fingerprint density at radius 1 is 1.10 bits per heavy atom. The van der Waals surface area contributed by atoms with Crippen LogP contribution >= 0.6 is 0 Å². The van der Waals surface area contributed by atoms with E-state index in [1.807, 2.05) is 38.1 Å². The lowest BCUT2D eigenvalue weighted by molar-refractivity contribution is -0.143. The number of ether oxygens (including phenoxy) is 1. The molecule has 2 aromatic carbocycles. The summed E-state index contributed by atoms with van der Waals surface area (Å²) in [6.45, 7) is 6.61. The minimum absolute atomic E-state index is 0.158. The van der Waals surface area contributed by atoms with Crippen molar-refractivity contribution in [3.05, 3.63) is 65.5 Å². The molecule has 2 rings (SSSR count). The number of nitrogens with one attached hydrogen (secondary N) is 1. The van der Waals surface area contributed by atoms with Gasteiger partial charge in [0, 0.05) is 13.1 Å². The van der Waals surface area contributed by atoms with Crippen LogP contribution in [0.2, 0.25) is 0 Å². The molecular weight excluding hydrogens is 383 g/mol. The van der Waals surface area contributed by atoms with Crippen molar-refractivity contribution in [2.45, 2.75) is 52.6 Å². The van der Waals surface area contributed by atoms with Crippen LogP contribution < -0.4 is 10.1 Å². The van der Waals surface area contributed by atoms with E-state index in [4.69, 9.17) is 4.74 Å². The summed E-state index contributed by atoms with van der Waals surface area (Å²) in [5.74, 6) is -0.416. The third-order valence-electron chi connectivity index (χ3n) is 4.99. The number of rotatable bonds is 11. The number of unbranched alkanes of at least 4 members (excludes halogenated alkanes) is 1. The van der Waals surface area contributed by atoms with E-state index < -0.39 is 6.04 Å². The Balaban J connectivity index is 2.17. The van der Waals surface area contributed by atoms with E-state index >= 15 is 0 Å². The van der Waals surface area contributed by atoms with Crippen molar-refractivity contribution in [3.8, 4) is 5.75 Å². The Morgan fingerprint density at radius 3 is 2.43 bits per heavy atom. The van der Waals surface area contributed by atoms with Crippen LogP contribution in [0.25, 0.3) is 0 Å². The molecule has 0 saturated carbocycles. The number of aryl methyl sites for hydroxylation is 1. The van der Waals surface area contributed by atoms with Gasteiger partial charge < -0.3 is 15.0 Å². The second kappa shape index (κ2) is 12.0. The first-order valence-corrected chi connectivity index (χ1v) is 10.5. The molecule has 30 heavy (non-hydrogen) atoms. The predicted octanol–water partition coefficient (Wildman–Crippen LogP) is 4.24. The molecule has 1 N–H and O–H groups in total. The molecular formula is C24H31FN2O3. The average molecular weight is 415 g/mol. The number of hydrogen-bond acceptors (Lipinski definition) is 3. The van der Waals surface area contributed by atoms with Gasteiger partial charge in [-0.1, -0.05) is 44.5 Å². The Kier molecular flexibility index (Phi) is 9.32.